The molecule has 0 aliphatic rings. The van der Waals surface area contributed by atoms with Gasteiger partial charge in [0.25, 0.3) is 0 Å². The normalized spacial score (nSPS) is 12.6. The quantitative estimate of drug-likeness (QED) is 0.573. The zero-order valence-electron chi connectivity index (χ0n) is 10.4. The number of hydrogen-bond acceptors (Lipinski definition) is 5. The Morgan fingerprint density at radius 1 is 1.35 bits per heavy atom. The lowest BCUT2D eigenvalue weighted by Gasteiger charge is -2.38. The molecule has 1 rings (SSSR count). The molecule has 0 saturated carbocycles. The molecule has 5 nitrogen and oxygen atoms in total. The fourth-order valence-corrected chi connectivity index (χ4v) is 1.05. The molecule has 0 aliphatic carbocycles. The summed E-state index contributed by atoms with van der Waals surface area (Å²) < 4.78 is 10.4. The minimum Gasteiger partial charge on any atom is -0.462 e. The van der Waals surface area contributed by atoms with Crippen molar-refractivity contribution in [2.45, 2.75) is 38.9 Å². The fourth-order valence-electron chi connectivity index (χ4n) is 1.05. The summed E-state index contributed by atoms with van der Waals surface area (Å²) in [6.45, 7) is 6.47. The standard InChI is InChI=1S/C11H17BO5/c1-10(2,14)11(3,4)17-12(15)9-6-5-8(7-13)16-9/h5-7,14-15H,1-4H3. The third-order valence-corrected chi connectivity index (χ3v) is 2.89. The number of carbonyl (C=O) groups excluding carboxylic acids is 1. The first-order chi connectivity index (χ1) is 7.67. The van der Waals surface area contributed by atoms with Crippen molar-refractivity contribution < 1.29 is 24.0 Å². The van der Waals surface area contributed by atoms with Crippen molar-refractivity contribution in [2.24, 2.45) is 0 Å². The van der Waals surface area contributed by atoms with Gasteiger partial charge in [-0.25, -0.2) is 0 Å². The van der Waals surface area contributed by atoms with Crippen molar-refractivity contribution in [1.29, 1.82) is 0 Å². The summed E-state index contributed by atoms with van der Waals surface area (Å²) in [7, 11) is -1.33. The monoisotopic (exact) mass is 240 g/mol. The molecule has 0 amide bonds. The molecule has 1 heterocycles. The van der Waals surface area contributed by atoms with E-state index in [0.717, 1.165) is 0 Å². The molecular weight excluding hydrogens is 223 g/mol. The smallest absolute Gasteiger partial charge is 0.462 e. The zero-order chi connectivity index (χ0) is 13.3. The van der Waals surface area contributed by atoms with Crippen LogP contribution in [0.5, 0.6) is 0 Å². The van der Waals surface area contributed by atoms with Gasteiger partial charge in [-0.05, 0) is 39.8 Å². The van der Waals surface area contributed by atoms with Gasteiger partial charge in [-0.2, -0.15) is 0 Å². The van der Waals surface area contributed by atoms with Crippen LogP contribution in [0.3, 0.4) is 0 Å². The van der Waals surface area contributed by atoms with Gasteiger partial charge in [0.15, 0.2) is 12.0 Å². The molecule has 1 aromatic rings. The lowest BCUT2D eigenvalue weighted by atomic mass is 9.81. The predicted octanol–water partition coefficient (Wildman–Crippen LogP) is 0.346. The minimum atomic E-state index is -1.33. The summed E-state index contributed by atoms with van der Waals surface area (Å²) in [5.41, 5.74) is -1.97. The first-order valence-electron chi connectivity index (χ1n) is 5.30. The van der Waals surface area contributed by atoms with Crippen LogP contribution in [0.1, 0.15) is 38.2 Å². The van der Waals surface area contributed by atoms with Crippen LogP contribution in [0.2, 0.25) is 0 Å². The summed E-state index contributed by atoms with van der Waals surface area (Å²) in [4.78, 5) is 10.4. The summed E-state index contributed by atoms with van der Waals surface area (Å²) in [6.07, 6.45) is 0.539. The Hall–Kier alpha value is -1.11. The minimum absolute atomic E-state index is 0.115. The molecular formula is C11H17BO5. The molecule has 0 radical (unpaired) electrons. The third-order valence-electron chi connectivity index (χ3n) is 2.89. The van der Waals surface area contributed by atoms with E-state index in [9.17, 15) is 14.9 Å². The van der Waals surface area contributed by atoms with E-state index in [1.807, 2.05) is 0 Å². The van der Waals surface area contributed by atoms with E-state index in [0.29, 0.717) is 6.29 Å². The zero-order valence-corrected chi connectivity index (χ0v) is 10.4. The van der Waals surface area contributed by atoms with Crippen LogP contribution in [-0.4, -0.2) is 34.7 Å². The molecule has 94 valence electrons. The maximum atomic E-state index is 10.4. The Kier molecular flexibility index (Phi) is 3.81. The van der Waals surface area contributed by atoms with E-state index in [-0.39, 0.29) is 11.4 Å². The van der Waals surface area contributed by atoms with Crippen molar-refractivity contribution in [3.8, 4) is 0 Å². The molecule has 0 bridgehead atoms. The molecule has 6 heteroatoms. The topological polar surface area (TPSA) is 79.9 Å². The molecule has 0 atom stereocenters. The van der Waals surface area contributed by atoms with Crippen LogP contribution in [0, 0.1) is 0 Å². The highest BCUT2D eigenvalue weighted by atomic mass is 16.6. The van der Waals surface area contributed by atoms with Crippen LogP contribution in [0.15, 0.2) is 16.5 Å². The molecule has 0 unspecified atom stereocenters. The van der Waals surface area contributed by atoms with Gasteiger partial charge >= 0.3 is 7.12 Å². The van der Waals surface area contributed by atoms with E-state index in [4.69, 9.17) is 9.07 Å². The summed E-state index contributed by atoms with van der Waals surface area (Å²) >= 11 is 0. The van der Waals surface area contributed by atoms with E-state index < -0.39 is 18.3 Å². The lowest BCUT2D eigenvalue weighted by molar-refractivity contribution is -0.0986. The van der Waals surface area contributed by atoms with Crippen molar-refractivity contribution >= 4 is 19.1 Å². The van der Waals surface area contributed by atoms with Gasteiger partial charge in [-0.15, -0.1) is 0 Å². The van der Waals surface area contributed by atoms with Crippen LogP contribution >= 0.6 is 0 Å². The van der Waals surface area contributed by atoms with E-state index in [2.05, 4.69) is 0 Å². The van der Waals surface area contributed by atoms with Crippen LogP contribution in [-0.2, 0) is 4.65 Å². The van der Waals surface area contributed by atoms with Crippen LogP contribution < -0.4 is 5.66 Å². The Morgan fingerprint density at radius 2 is 1.94 bits per heavy atom. The third kappa shape index (κ3) is 3.18. The highest BCUT2D eigenvalue weighted by molar-refractivity contribution is 6.58. The molecule has 1 aromatic heterocycles. The van der Waals surface area contributed by atoms with Crippen molar-refractivity contribution in [2.75, 3.05) is 0 Å². The number of aliphatic hydroxyl groups is 1. The van der Waals surface area contributed by atoms with Gasteiger partial charge in [0.2, 0.25) is 0 Å². The molecule has 0 spiro atoms. The molecule has 17 heavy (non-hydrogen) atoms. The van der Waals surface area contributed by atoms with E-state index in [1.165, 1.54) is 12.1 Å². The Morgan fingerprint density at radius 3 is 2.35 bits per heavy atom. The summed E-state index contributed by atoms with van der Waals surface area (Å²) in [5.74, 6) is 0.115. The van der Waals surface area contributed by atoms with E-state index in [1.54, 1.807) is 27.7 Å². The van der Waals surface area contributed by atoms with E-state index >= 15 is 0 Å². The van der Waals surface area contributed by atoms with Crippen LogP contribution in [0.4, 0.5) is 0 Å². The second-order valence-corrected chi connectivity index (χ2v) is 4.90. The molecule has 0 aliphatic heterocycles. The highest BCUT2D eigenvalue weighted by Crippen LogP contribution is 2.25. The summed E-state index contributed by atoms with van der Waals surface area (Å²) in [5, 5.41) is 19.7. The number of furan rings is 1. The average Bonchev–Trinajstić information content (AvgIpc) is 2.63. The Bertz CT molecular complexity index is 391. The fraction of sp³-hybridized carbons (Fsp3) is 0.545. The predicted molar refractivity (Wildman–Crippen MR) is 63.2 cm³/mol. The Balaban J connectivity index is 2.78. The first-order valence-corrected chi connectivity index (χ1v) is 5.30. The van der Waals surface area contributed by atoms with Gasteiger partial charge in [0, 0.05) is 0 Å². The second kappa shape index (κ2) is 4.64. The van der Waals surface area contributed by atoms with Gasteiger partial charge in [-0.3, -0.25) is 4.79 Å². The maximum Gasteiger partial charge on any atom is 0.529 e. The second-order valence-electron chi connectivity index (χ2n) is 4.90. The average molecular weight is 240 g/mol. The van der Waals surface area contributed by atoms with Gasteiger partial charge in [0.1, 0.15) is 5.66 Å². The SMILES string of the molecule is CC(C)(O)C(C)(C)OB(O)c1ccc(C=O)o1. The number of carbonyl (C=O) groups is 1. The number of aldehydes is 1. The van der Waals surface area contributed by atoms with Gasteiger partial charge in [0.05, 0.1) is 11.2 Å². The maximum absolute atomic E-state index is 10.4. The molecule has 2 N–H and O–H groups in total. The van der Waals surface area contributed by atoms with Crippen molar-refractivity contribution in [3.05, 3.63) is 17.9 Å². The highest BCUT2D eigenvalue weighted by Gasteiger charge is 2.40. The summed E-state index contributed by atoms with van der Waals surface area (Å²) in [6, 6.07) is 2.89. The van der Waals surface area contributed by atoms with Gasteiger partial charge < -0.3 is 19.2 Å². The lowest BCUT2D eigenvalue weighted by Crippen LogP contribution is -2.52. The van der Waals surface area contributed by atoms with Crippen molar-refractivity contribution in [1.82, 2.24) is 0 Å². The number of rotatable bonds is 5. The molecule has 0 aromatic carbocycles. The molecule has 0 saturated heterocycles. The largest absolute Gasteiger partial charge is 0.529 e. The van der Waals surface area contributed by atoms with Gasteiger partial charge in [-0.1, -0.05) is 0 Å². The molecule has 0 fully saturated rings. The van der Waals surface area contributed by atoms with Crippen molar-refractivity contribution in [3.63, 3.8) is 0 Å². The number of hydrogen-bond donors (Lipinski definition) is 2. The Labute approximate surface area is 101 Å². The van der Waals surface area contributed by atoms with Crippen LogP contribution in [0.25, 0.3) is 0 Å². The first kappa shape index (κ1) is 14.0.